The van der Waals surface area contributed by atoms with Crippen LogP contribution >= 0.6 is 0 Å². The van der Waals surface area contributed by atoms with E-state index in [1.54, 1.807) is 0 Å². The number of hydrogen-bond acceptors (Lipinski definition) is 3. The van der Waals surface area contributed by atoms with Gasteiger partial charge in [0.2, 0.25) is 5.95 Å². The van der Waals surface area contributed by atoms with Gasteiger partial charge in [-0.1, -0.05) is 0 Å². The van der Waals surface area contributed by atoms with Crippen molar-refractivity contribution in [3.8, 4) is 0 Å². The monoisotopic (exact) mass is 152 g/mol. The maximum atomic E-state index is 12.7. The fourth-order valence-electron chi connectivity index (χ4n) is 0.883. The molecule has 0 spiro atoms. The molecule has 0 aliphatic carbocycles. The molecule has 0 atom stereocenters. The molecule has 2 heterocycles. The van der Waals surface area contributed by atoms with Crippen LogP contribution < -0.4 is 5.73 Å². The number of fused-ring (bicyclic) bond motifs is 1. The Kier molecular flexibility index (Phi) is 1.06. The fraction of sp³-hybridized carbons (Fsp3) is 0. The van der Waals surface area contributed by atoms with Gasteiger partial charge in [0, 0.05) is 6.20 Å². The summed E-state index contributed by atoms with van der Waals surface area (Å²) in [7, 11) is 0. The summed E-state index contributed by atoms with van der Waals surface area (Å²) in [4.78, 5) is 3.65. The summed E-state index contributed by atoms with van der Waals surface area (Å²) in [5, 5.41) is 3.74. The van der Waals surface area contributed by atoms with Gasteiger partial charge in [0.1, 0.15) is 5.52 Å². The lowest BCUT2D eigenvalue weighted by Crippen LogP contribution is -1.99. The lowest BCUT2D eigenvalue weighted by Gasteiger charge is -1.92. The van der Waals surface area contributed by atoms with E-state index in [-0.39, 0.29) is 11.8 Å². The molecule has 5 heteroatoms. The zero-order chi connectivity index (χ0) is 7.84. The SMILES string of the molecule is Nc1ncc2c(F)ccn2n1. The number of rotatable bonds is 0. The van der Waals surface area contributed by atoms with Crippen LogP contribution in [0, 0.1) is 5.82 Å². The van der Waals surface area contributed by atoms with Crippen LogP contribution in [0.3, 0.4) is 0 Å². The Morgan fingerprint density at radius 2 is 2.36 bits per heavy atom. The first-order valence-electron chi connectivity index (χ1n) is 3.03. The van der Waals surface area contributed by atoms with Crippen molar-refractivity contribution in [2.45, 2.75) is 0 Å². The minimum atomic E-state index is -0.343. The number of nitrogens with two attached hydrogens (primary N) is 1. The van der Waals surface area contributed by atoms with Crippen molar-refractivity contribution in [2.24, 2.45) is 0 Å². The zero-order valence-corrected chi connectivity index (χ0v) is 5.53. The summed E-state index contributed by atoms with van der Waals surface area (Å²) in [6.07, 6.45) is 2.83. The molecule has 2 aromatic heterocycles. The predicted octanol–water partition coefficient (Wildman–Crippen LogP) is 0.451. The minimum absolute atomic E-state index is 0.133. The maximum absolute atomic E-state index is 12.7. The Hall–Kier alpha value is -1.65. The van der Waals surface area contributed by atoms with Gasteiger partial charge in [-0.25, -0.2) is 13.9 Å². The molecule has 4 nitrogen and oxygen atoms in total. The van der Waals surface area contributed by atoms with Crippen LogP contribution in [0.15, 0.2) is 18.5 Å². The molecular weight excluding hydrogens is 147 g/mol. The highest BCUT2D eigenvalue weighted by molar-refractivity contribution is 5.46. The molecule has 2 N–H and O–H groups in total. The molecule has 0 fully saturated rings. The number of anilines is 1. The van der Waals surface area contributed by atoms with E-state index in [9.17, 15) is 4.39 Å². The van der Waals surface area contributed by atoms with E-state index in [4.69, 9.17) is 5.73 Å². The molecule has 2 rings (SSSR count). The summed E-state index contributed by atoms with van der Waals surface area (Å²) in [5.74, 6) is -0.210. The minimum Gasteiger partial charge on any atom is -0.367 e. The summed E-state index contributed by atoms with van der Waals surface area (Å²) < 4.78 is 14.1. The van der Waals surface area contributed by atoms with Gasteiger partial charge in [0.25, 0.3) is 0 Å². The van der Waals surface area contributed by atoms with E-state index >= 15 is 0 Å². The van der Waals surface area contributed by atoms with E-state index in [0.29, 0.717) is 5.52 Å². The molecule has 2 aromatic rings. The molecule has 0 amide bonds. The first-order valence-corrected chi connectivity index (χ1v) is 3.03. The largest absolute Gasteiger partial charge is 0.367 e. The third kappa shape index (κ3) is 0.813. The molecule has 11 heavy (non-hydrogen) atoms. The van der Waals surface area contributed by atoms with E-state index in [0.717, 1.165) is 0 Å². The van der Waals surface area contributed by atoms with Crippen LogP contribution in [-0.2, 0) is 0 Å². The number of hydrogen-bond donors (Lipinski definition) is 1. The molecule has 0 saturated heterocycles. The van der Waals surface area contributed by atoms with Crippen LogP contribution in [0.5, 0.6) is 0 Å². The van der Waals surface area contributed by atoms with Crippen molar-refractivity contribution in [3.63, 3.8) is 0 Å². The third-order valence-corrected chi connectivity index (χ3v) is 1.38. The van der Waals surface area contributed by atoms with Crippen LogP contribution in [0.2, 0.25) is 0 Å². The van der Waals surface area contributed by atoms with Crippen LogP contribution in [0.4, 0.5) is 10.3 Å². The molecule has 56 valence electrons. The average molecular weight is 152 g/mol. The number of aromatic nitrogens is 3. The fourth-order valence-corrected chi connectivity index (χ4v) is 0.883. The lowest BCUT2D eigenvalue weighted by atomic mass is 10.5. The Bertz CT molecular complexity index is 394. The van der Waals surface area contributed by atoms with E-state index < -0.39 is 0 Å². The number of nitrogens with zero attached hydrogens (tertiary/aromatic N) is 3. The van der Waals surface area contributed by atoms with Crippen LogP contribution in [-0.4, -0.2) is 14.6 Å². The van der Waals surface area contributed by atoms with Gasteiger partial charge in [-0.05, 0) is 6.07 Å². The van der Waals surface area contributed by atoms with Crippen molar-refractivity contribution in [1.82, 2.24) is 14.6 Å². The van der Waals surface area contributed by atoms with Crippen molar-refractivity contribution < 1.29 is 4.39 Å². The van der Waals surface area contributed by atoms with Gasteiger partial charge in [-0.15, -0.1) is 5.10 Å². The second-order valence-electron chi connectivity index (χ2n) is 2.11. The smallest absolute Gasteiger partial charge is 0.238 e. The third-order valence-electron chi connectivity index (χ3n) is 1.38. The van der Waals surface area contributed by atoms with E-state index in [1.165, 1.54) is 23.0 Å². The first-order chi connectivity index (χ1) is 5.27. The van der Waals surface area contributed by atoms with Crippen molar-refractivity contribution in [3.05, 3.63) is 24.3 Å². The maximum Gasteiger partial charge on any atom is 0.238 e. The van der Waals surface area contributed by atoms with Crippen molar-refractivity contribution >= 4 is 11.5 Å². The summed E-state index contributed by atoms with van der Waals surface area (Å²) in [6.45, 7) is 0. The van der Waals surface area contributed by atoms with Gasteiger partial charge < -0.3 is 5.73 Å². The van der Waals surface area contributed by atoms with Gasteiger partial charge in [0.15, 0.2) is 5.82 Å². The normalized spacial score (nSPS) is 10.6. The second kappa shape index (κ2) is 1.91. The molecule has 0 saturated carbocycles. The number of halogens is 1. The topological polar surface area (TPSA) is 56.2 Å². The predicted molar refractivity (Wildman–Crippen MR) is 37.4 cm³/mol. The van der Waals surface area contributed by atoms with E-state index in [1.807, 2.05) is 0 Å². The molecule has 0 aliphatic heterocycles. The van der Waals surface area contributed by atoms with Gasteiger partial charge in [0.05, 0.1) is 6.20 Å². The van der Waals surface area contributed by atoms with Crippen LogP contribution in [0.25, 0.3) is 5.52 Å². The van der Waals surface area contributed by atoms with E-state index in [2.05, 4.69) is 10.1 Å². The molecule has 0 radical (unpaired) electrons. The summed E-state index contributed by atoms with van der Waals surface area (Å²) in [5.41, 5.74) is 5.60. The molecular formula is C6H5FN4. The molecule has 0 unspecified atom stereocenters. The molecule has 0 bridgehead atoms. The summed E-state index contributed by atoms with van der Waals surface area (Å²) in [6, 6.07) is 1.31. The van der Waals surface area contributed by atoms with Crippen molar-refractivity contribution in [2.75, 3.05) is 5.73 Å². The van der Waals surface area contributed by atoms with Crippen LogP contribution in [0.1, 0.15) is 0 Å². The molecule has 0 aliphatic rings. The van der Waals surface area contributed by atoms with Crippen molar-refractivity contribution in [1.29, 1.82) is 0 Å². The lowest BCUT2D eigenvalue weighted by molar-refractivity contribution is 0.638. The first kappa shape index (κ1) is 6.09. The average Bonchev–Trinajstić information content (AvgIpc) is 2.32. The highest BCUT2D eigenvalue weighted by Crippen LogP contribution is 2.07. The standard InChI is InChI=1S/C6H5FN4/c7-4-1-2-11-5(4)3-9-6(8)10-11/h1-3H,(H2,8,10). The van der Waals surface area contributed by atoms with Gasteiger partial charge >= 0.3 is 0 Å². The van der Waals surface area contributed by atoms with Gasteiger partial charge in [-0.2, -0.15) is 0 Å². The Labute approximate surface area is 61.5 Å². The quantitative estimate of drug-likeness (QED) is 0.596. The Morgan fingerprint density at radius 1 is 1.55 bits per heavy atom. The zero-order valence-electron chi connectivity index (χ0n) is 5.53. The summed E-state index contributed by atoms with van der Waals surface area (Å²) >= 11 is 0. The van der Waals surface area contributed by atoms with Gasteiger partial charge in [-0.3, -0.25) is 0 Å². The Balaban J connectivity index is 2.86. The highest BCUT2D eigenvalue weighted by Gasteiger charge is 2.01. The highest BCUT2D eigenvalue weighted by atomic mass is 19.1. The number of nitrogen functional groups attached to an aromatic ring is 1. The molecule has 0 aromatic carbocycles. The second-order valence-corrected chi connectivity index (χ2v) is 2.11. The Morgan fingerprint density at radius 3 is 3.18 bits per heavy atom.